The van der Waals surface area contributed by atoms with Gasteiger partial charge in [-0.1, -0.05) is 91.0 Å². The highest BCUT2D eigenvalue weighted by atomic mass is 32.1. The number of benzene rings is 7. The SMILES string of the molecule is c1ccc2c(c1)sc1c3c4cccnc4sc3c3c4ccccc4n(-c4ccc5c6ccccc6c6ccccc6c5c4)c3c21. The lowest BCUT2D eigenvalue weighted by molar-refractivity contribution is 1.19. The fraction of sp³-hybridized carbons (Fsp3) is 0. The van der Waals surface area contributed by atoms with Crippen molar-refractivity contribution in [2.75, 3.05) is 0 Å². The van der Waals surface area contributed by atoms with E-state index in [0.29, 0.717) is 0 Å². The fourth-order valence-electron chi connectivity index (χ4n) is 7.80. The molecular formula is C41H22N2S2. The van der Waals surface area contributed by atoms with Gasteiger partial charge in [-0.25, -0.2) is 4.98 Å². The first-order chi connectivity index (χ1) is 22.3. The average molecular weight is 607 g/mol. The highest BCUT2D eigenvalue weighted by Gasteiger charge is 2.24. The summed E-state index contributed by atoms with van der Waals surface area (Å²) >= 11 is 3.74. The Kier molecular flexibility index (Phi) is 4.64. The Morgan fingerprint density at radius 1 is 0.444 bits per heavy atom. The molecule has 4 aromatic heterocycles. The lowest BCUT2D eigenvalue weighted by atomic mass is 9.94. The van der Waals surface area contributed by atoms with Crippen molar-refractivity contribution in [1.29, 1.82) is 0 Å². The first kappa shape index (κ1) is 24.1. The first-order valence-corrected chi connectivity index (χ1v) is 16.9. The molecule has 0 bridgehead atoms. The number of thiophene rings is 2. The summed E-state index contributed by atoms with van der Waals surface area (Å²) in [6.07, 6.45) is 1.92. The Hall–Kier alpha value is -5.29. The number of hydrogen-bond donors (Lipinski definition) is 0. The predicted octanol–water partition coefficient (Wildman–Crippen LogP) is 12.4. The van der Waals surface area contributed by atoms with Crippen LogP contribution in [0, 0.1) is 0 Å². The molecule has 0 fully saturated rings. The topological polar surface area (TPSA) is 17.8 Å². The molecule has 0 atom stereocenters. The molecule has 4 heterocycles. The number of hydrogen-bond acceptors (Lipinski definition) is 3. The normalized spacial score (nSPS) is 12.4. The van der Waals surface area contributed by atoms with Crippen LogP contribution < -0.4 is 0 Å². The lowest BCUT2D eigenvalue weighted by Crippen LogP contribution is -1.95. The van der Waals surface area contributed by atoms with Crippen LogP contribution in [0.25, 0.3) is 100 Å². The molecule has 208 valence electrons. The molecule has 0 amide bonds. The third-order valence-corrected chi connectivity index (χ3v) is 11.9. The largest absolute Gasteiger partial charge is 0.308 e. The molecule has 7 aromatic carbocycles. The van der Waals surface area contributed by atoms with Crippen LogP contribution in [0.4, 0.5) is 0 Å². The van der Waals surface area contributed by atoms with E-state index in [9.17, 15) is 0 Å². The minimum Gasteiger partial charge on any atom is -0.308 e. The Bertz CT molecular complexity index is 2980. The molecule has 0 saturated heterocycles. The van der Waals surface area contributed by atoms with Gasteiger partial charge in [-0.2, -0.15) is 0 Å². The second-order valence-electron chi connectivity index (χ2n) is 11.9. The predicted molar refractivity (Wildman–Crippen MR) is 197 cm³/mol. The summed E-state index contributed by atoms with van der Waals surface area (Å²) < 4.78 is 6.52. The lowest BCUT2D eigenvalue weighted by Gasteiger charge is -2.14. The molecule has 0 radical (unpaired) electrons. The maximum absolute atomic E-state index is 4.84. The summed E-state index contributed by atoms with van der Waals surface area (Å²) in [5.74, 6) is 0. The van der Waals surface area contributed by atoms with Crippen molar-refractivity contribution in [3.05, 3.63) is 134 Å². The standard InChI is InChI=1S/C41H22N2S2/c1-2-12-26-24(10-1)25-11-3-4-13-27(25)32-22-23(19-20-28(26)32)43-33-17-7-5-14-29(33)35-38(43)36-30-15-6-8-18-34(30)44-39(36)37-31-16-9-21-42-41(31)45-40(35)37/h1-22H. The minimum atomic E-state index is 1.10. The van der Waals surface area contributed by atoms with E-state index in [1.807, 2.05) is 28.9 Å². The Labute approximate surface area is 265 Å². The van der Waals surface area contributed by atoms with E-state index in [1.165, 1.54) is 95.5 Å². The smallest absolute Gasteiger partial charge is 0.124 e. The molecule has 0 spiro atoms. The Balaban J connectivity index is 1.40. The van der Waals surface area contributed by atoms with Crippen molar-refractivity contribution in [2.24, 2.45) is 0 Å². The maximum atomic E-state index is 4.84. The van der Waals surface area contributed by atoms with Crippen molar-refractivity contribution in [3.63, 3.8) is 0 Å². The molecule has 11 rings (SSSR count). The highest BCUT2D eigenvalue weighted by Crippen LogP contribution is 2.52. The van der Waals surface area contributed by atoms with Crippen molar-refractivity contribution >= 4 is 117 Å². The molecule has 0 saturated carbocycles. The van der Waals surface area contributed by atoms with Gasteiger partial charge in [-0.15, -0.1) is 22.7 Å². The molecule has 11 aromatic rings. The van der Waals surface area contributed by atoms with Gasteiger partial charge in [0.25, 0.3) is 0 Å². The second-order valence-corrected chi connectivity index (χ2v) is 13.9. The van der Waals surface area contributed by atoms with Crippen LogP contribution in [0.1, 0.15) is 0 Å². The zero-order chi connectivity index (χ0) is 29.2. The van der Waals surface area contributed by atoms with Gasteiger partial charge in [0.1, 0.15) is 4.83 Å². The van der Waals surface area contributed by atoms with Crippen molar-refractivity contribution in [1.82, 2.24) is 9.55 Å². The van der Waals surface area contributed by atoms with E-state index in [-0.39, 0.29) is 0 Å². The quantitative estimate of drug-likeness (QED) is 0.170. The van der Waals surface area contributed by atoms with Crippen LogP contribution in [-0.4, -0.2) is 9.55 Å². The van der Waals surface area contributed by atoms with Gasteiger partial charge in [-0.3, -0.25) is 0 Å². The third kappa shape index (κ3) is 3.05. The molecule has 45 heavy (non-hydrogen) atoms. The van der Waals surface area contributed by atoms with Crippen LogP contribution in [0.5, 0.6) is 0 Å². The summed E-state index contributed by atoms with van der Waals surface area (Å²) in [5.41, 5.74) is 3.70. The summed E-state index contributed by atoms with van der Waals surface area (Å²) in [6, 6.07) is 46.9. The van der Waals surface area contributed by atoms with E-state index in [0.717, 1.165) is 4.83 Å². The summed E-state index contributed by atoms with van der Waals surface area (Å²) in [7, 11) is 0. The zero-order valence-electron chi connectivity index (χ0n) is 23.9. The number of aromatic nitrogens is 2. The summed E-state index contributed by atoms with van der Waals surface area (Å²) in [4.78, 5) is 5.93. The van der Waals surface area contributed by atoms with E-state index in [2.05, 4.69) is 132 Å². The van der Waals surface area contributed by atoms with Crippen LogP contribution in [0.3, 0.4) is 0 Å². The number of pyridine rings is 1. The van der Waals surface area contributed by atoms with Crippen LogP contribution in [0.2, 0.25) is 0 Å². The van der Waals surface area contributed by atoms with Gasteiger partial charge >= 0.3 is 0 Å². The second kappa shape index (κ2) is 8.66. The molecule has 0 aliphatic carbocycles. The zero-order valence-corrected chi connectivity index (χ0v) is 25.5. The Morgan fingerprint density at radius 3 is 1.80 bits per heavy atom. The van der Waals surface area contributed by atoms with Crippen LogP contribution in [0.15, 0.2) is 134 Å². The Morgan fingerprint density at radius 2 is 1.02 bits per heavy atom. The molecule has 0 aliphatic heterocycles. The third-order valence-electron chi connectivity index (χ3n) is 9.61. The number of rotatable bonds is 1. The van der Waals surface area contributed by atoms with Crippen molar-refractivity contribution < 1.29 is 0 Å². The molecule has 0 unspecified atom stereocenters. The van der Waals surface area contributed by atoms with E-state index in [1.54, 1.807) is 0 Å². The molecular weight excluding hydrogens is 585 g/mol. The molecule has 0 aliphatic rings. The van der Waals surface area contributed by atoms with Crippen molar-refractivity contribution in [2.45, 2.75) is 0 Å². The molecule has 4 heteroatoms. The van der Waals surface area contributed by atoms with Crippen LogP contribution >= 0.6 is 22.7 Å². The number of nitrogens with zero attached hydrogens (tertiary/aromatic N) is 2. The fourth-order valence-corrected chi connectivity index (χ4v) is 10.3. The average Bonchev–Trinajstić information content (AvgIpc) is 3.78. The molecule has 2 nitrogen and oxygen atoms in total. The van der Waals surface area contributed by atoms with Gasteiger partial charge in [0.2, 0.25) is 0 Å². The minimum absolute atomic E-state index is 1.10. The van der Waals surface area contributed by atoms with Gasteiger partial charge in [0.15, 0.2) is 0 Å². The van der Waals surface area contributed by atoms with Crippen LogP contribution in [-0.2, 0) is 0 Å². The summed E-state index contributed by atoms with van der Waals surface area (Å²) in [6.45, 7) is 0. The highest BCUT2D eigenvalue weighted by molar-refractivity contribution is 7.30. The van der Waals surface area contributed by atoms with Gasteiger partial charge in [-0.05, 0) is 68.7 Å². The van der Waals surface area contributed by atoms with E-state index in [4.69, 9.17) is 4.98 Å². The van der Waals surface area contributed by atoms with Gasteiger partial charge in [0.05, 0.1) is 11.0 Å². The van der Waals surface area contributed by atoms with E-state index < -0.39 is 0 Å². The van der Waals surface area contributed by atoms with Gasteiger partial charge < -0.3 is 4.57 Å². The monoisotopic (exact) mass is 606 g/mol. The van der Waals surface area contributed by atoms with Gasteiger partial charge in [0, 0.05) is 58.3 Å². The first-order valence-electron chi connectivity index (χ1n) is 15.2. The summed E-state index contributed by atoms with van der Waals surface area (Å²) in [5, 5.41) is 15.6. The number of para-hydroxylation sites is 1. The van der Waals surface area contributed by atoms with E-state index >= 15 is 0 Å². The number of fused-ring (bicyclic) bond motifs is 18. The van der Waals surface area contributed by atoms with Crippen molar-refractivity contribution in [3.8, 4) is 5.69 Å². The maximum Gasteiger partial charge on any atom is 0.124 e. The molecule has 0 N–H and O–H groups in total.